The van der Waals surface area contributed by atoms with E-state index in [0.717, 1.165) is 24.4 Å². The Morgan fingerprint density at radius 2 is 1.78 bits per heavy atom. The number of alkyl halides is 3. The SMILES string of the molecule is CC(NC(=O)C1(CC(=O)c2cncnc2)CC1)c1ncc(Nc2c(F)cccc2C(F)(F)F)cc1F. The summed E-state index contributed by atoms with van der Waals surface area (Å²) >= 11 is 0. The maximum atomic E-state index is 14.8. The van der Waals surface area contributed by atoms with Gasteiger partial charge < -0.3 is 10.6 Å². The first-order chi connectivity index (χ1) is 17.0. The van der Waals surface area contributed by atoms with E-state index in [9.17, 15) is 31.5 Å². The molecule has 2 heterocycles. The number of benzene rings is 1. The Kier molecular flexibility index (Phi) is 6.70. The molecule has 1 aliphatic carbocycles. The Labute approximate surface area is 202 Å². The topological polar surface area (TPSA) is 96.9 Å². The van der Waals surface area contributed by atoms with E-state index in [1.165, 1.54) is 25.6 Å². The number of carbonyl (C=O) groups is 2. The lowest BCUT2D eigenvalue weighted by atomic mass is 9.95. The number of para-hydroxylation sites is 1. The fourth-order valence-electron chi connectivity index (χ4n) is 3.77. The van der Waals surface area contributed by atoms with Crippen LogP contribution >= 0.6 is 0 Å². The molecule has 4 rings (SSSR count). The second-order valence-electron chi connectivity index (χ2n) is 8.58. The van der Waals surface area contributed by atoms with E-state index in [1.54, 1.807) is 0 Å². The van der Waals surface area contributed by atoms with E-state index < -0.39 is 46.4 Å². The van der Waals surface area contributed by atoms with E-state index in [0.29, 0.717) is 18.9 Å². The van der Waals surface area contributed by atoms with Crippen LogP contribution in [0.5, 0.6) is 0 Å². The Morgan fingerprint density at radius 1 is 1.08 bits per heavy atom. The highest BCUT2D eigenvalue weighted by Gasteiger charge is 2.51. The van der Waals surface area contributed by atoms with E-state index in [4.69, 9.17) is 0 Å². The Hall–Kier alpha value is -3.96. The molecular formula is C24H20F5N5O2. The first kappa shape index (κ1) is 25.1. The Bertz CT molecular complexity index is 1300. The average Bonchev–Trinajstić information content (AvgIpc) is 3.61. The molecule has 1 atom stereocenters. The maximum absolute atomic E-state index is 14.8. The highest BCUT2D eigenvalue weighted by molar-refractivity contribution is 6.00. The molecule has 1 aliphatic rings. The number of rotatable bonds is 8. The van der Waals surface area contributed by atoms with Crippen LogP contribution in [-0.2, 0) is 11.0 Å². The predicted octanol–water partition coefficient (Wildman–Crippen LogP) is 5.14. The van der Waals surface area contributed by atoms with Gasteiger partial charge in [-0.3, -0.25) is 14.6 Å². The number of hydrogen-bond donors (Lipinski definition) is 2. The molecular weight excluding hydrogens is 485 g/mol. The minimum Gasteiger partial charge on any atom is -0.351 e. The monoisotopic (exact) mass is 505 g/mol. The van der Waals surface area contributed by atoms with Crippen LogP contribution in [0.2, 0.25) is 0 Å². The smallest absolute Gasteiger partial charge is 0.351 e. The van der Waals surface area contributed by atoms with Crippen molar-refractivity contribution in [2.45, 2.75) is 38.4 Å². The zero-order chi connectivity index (χ0) is 26.1. The number of carbonyl (C=O) groups excluding carboxylic acids is 2. The van der Waals surface area contributed by atoms with Gasteiger partial charge in [0.2, 0.25) is 5.91 Å². The minimum absolute atomic E-state index is 0.0537. The van der Waals surface area contributed by atoms with Crippen LogP contribution in [0.15, 0.2) is 49.2 Å². The number of halogens is 5. The normalized spacial score (nSPS) is 15.2. The second kappa shape index (κ2) is 9.59. The summed E-state index contributed by atoms with van der Waals surface area (Å²) in [6.45, 7) is 1.48. The van der Waals surface area contributed by atoms with Crippen molar-refractivity contribution in [1.29, 1.82) is 0 Å². The van der Waals surface area contributed by atoms with Crippen LogP contribution < -0.4 is 10.6 Å². The van der Waals surface area contributed by atoms with Crippen LogP contribution in [0.4, 0.5) is 33.3 Å². The van der Waals surface area contributed by atoms with Crippen molar-refractivity contribution in [1.82, 2.24) is 20.3 Å². The number of aromatic nitrogens is 3. The van der Waals surface area contributed by atoms with Gasteiger partial charge >= 0.3 is 6.18 Å². The van der Waals surface area contributed by atoms with Gasteiger partial charge in [0.1, 0.15) is 18.0 Å². The second-order valence-corrected chi connectivity index (χ2v) is 8.58. The molecule has 7 nitrogen and oxygen atoms in total. The van der Waals surface area contributed by atoms with Crippen molar-refractivity contribution in [3.05, 3.63) is 77.6 Å². The summed E-state index contributed by atoms with van der Waals surface area (Å²) in [7, 11) is 0. The summed E-state index contributed by atoms with van der Waals surface area (Å²) in [6, 6.07) is 2.42. The van der Waals surface area contributed by atoms with Crippen molar-refractivity contribution in [2.75, 3.05) is 5.32 Å². The number of nitrogens with one attached hydrogen (secondary N) is 2. The third kappa shape index (κ3) is 5.31. The van der Waals surface area contributed by atoms with Crippen molar-refractivity contribution < 1.29 is 31.5 Å². The van der Waals surface area contributed by atoms with Gasteiger partial charge in [-0.2, -0.15) is 13.2 Å². The molecule has 1 fully saturated rings. The summed E-state index contributed by atoms with van der Waals surface area (Å²) in [6.07, 6.45) is 1.12. The number of ketones is 1. The van der Waals surface area contributed by atoms with Crippen LogP contribution in [-0.4, -0.2) is 26.6 Å². The molecule has 1 aromatic carbocycles. The molecule has 0 aliphatic heterocycles. The van der Waals surface area contributed by atoms with Crippen LogP contribution in [0.1, 0.15) is 53.8 Å². The highest BCUT2D eigenvalue weighted by atomic mass is 19.4. The largest absolute Gasteiger partial charge is 0.418 e. The average molecular weight is 505 g/mol. The summed E-state index contributed by atoms with van der Waals surface area (Å²) in [4.78, 5) is 36.8. The lowest BCUT2D eigenvalue weighted by Crippen LogP contribution is -2.36. The first-order valence-corrected chi connectivity index (χ1v) is 10.9. The van der Waals surface area contributed by atoms with Crippen LogP contribution in [0, 0.1) is 17.0 Å². The molecule has 12 heteroatoms. The lowest BCUT2D eigenvalue weighted by molar-refractivity contribution is -0.137. The maximum Gasteiger partial charge on any atom is 0.418 e. The number of hydrogen-bond acceptors (Lipinski definition) is 6. The van der Waals surface area contributed by atoms with E-state index in [-0.39, 0.29) is 29.1 Å². The fraction of sp³-hybridized carbons (Fsp3) is 0.292. The molecule has 36 heavy (non-hydrogen) atoms. The van der Waals surface area contributed by atoms with Crippen LogP contribution in [0.3, 0.4) is 0 Å². The molecule has 1 unspecified atom stereocenters. The third-order valence-corrected chi connectivity index (χ3v) is 5.93. The van der Waals surface area contributed by atoms with E-state index in [2.05, 4.69) is 25.6 Å². The van der Waals surface area contributed by atoms with Crippen molar-refractivity contribution >= 4 is 23.1 Å². The fourth-order valence-corrected chi connectivity index (χ4v) is 3.77. The van der Waals surface area contributed by atoms with Gasteiger partial charge in [0, 0.05) is 24.9 Å². The van der Waals surface area contributed by atoms with Gasteiger partial charge in [-0.25, -0.2) is 18.7 Å². The first-order valence-electron chi connectivity index (χ1n) is 10.9. The molecule has 1 amide bonds. The summed E-state index contributed by atoms with van der Waals surface area (Å²) < 4.78 is 68.5. The van der Waals surface area contributed by atoms with Gasteiger partial charge in [0.25, 0.3) is 0 Å². The summed E-state index contributed by atoms with van der Waals surface area (Å²) in [5.41, 5.74) is -3.12. The van der Waals surface area contributed by atoms with Crippen molar-refractivity contribution in [3.8, 4) is 0 Å². The molecule has 0 bridgehead atoms. The molecule has 0 saturated heterocycles. The molecule has 0 radical (unpaired) electrons. The number of amides is 1. The zero-order valence-electron chi connectivity index (χ0n) is 18.9. The molecule has 2 aromatic heterocycles. The molecule has 2 N–H and O–H groups in total. The van der Waals surface area contributed by atoms with Crippen molar-refractivity contribution in [2.24, 2.45) is 5.41 Å². The van der Waals surface area contributed by atoms with Gasteiger partial charge in [-0.05, 0) is 31.9 Å². The number of pyridine rings is 1. The number of nitrogens with zero attached hydrogens (tertiary/aromatic N) is 3. The standard InChI is InChI=1S/C24H20F5N5O2/c1-13(33-22(36)23(5-6-23)8-19(35)14-9-30-12-31-10-14)20-18(26)7-15(11-32-20)34-21-16(24(27,28)29)3-2-4-17(21)25/h2-4,7,9-13,34H,5-6,8H2,1H3,(H,33,36). The van der Waals surface area contributed by atoms with Crippen molar-refractivity contribution in [3.63, 3.8) is 0 Å². The lowest BCUT2D eigenvalue weighted by Gasteiger charge is -2.20. The highest BCUT2D eigenvalue weighted by Crippen LogP contribution is 2.50. The summed E-state index contributed by atoms with van der Waals surface area (Å²) in [5, 5.41) is 4.88. The number of Topliss-reactive ketones (excluding diaryl/α,β-unsaturated/α-hetero) is 1. The number of anilines is 2. The van der Waals surface area contributed by atoms with Gasteiger partial charge in [-0.15, -0.1) is 0 Å². The van der Waals surface area contributed by atoms with E-state index in [1.807, 2.05) is 0 Å². The molecule has 188 valence electrons. The van der Waals surface area contributed by atoms with Gasteiger partial charge in [0.05, 0.1) is 45.8 Å². The molecule has 3 aromatic rings. The van der Waals surface area contributed by atoms with Crippen LogP contribution in [0.25, 0.3) is 0 Å². The zero-order valence-corrected chi connectivity index (χ0v) is 18.9. The predicted molar refractivity (Wildman–Crippen MR) is 118 cm³/mol. The van der Waals surface area contributed by atoms with Gasteiger partial charge in [0.15, 0.2) is 5.78 Å². The quantitative estimate of drug-likeness (QED) is 0.325. The summed E-state index contributed by atoms with van der Waals surface area (Å²) in [5.74, 6) is -2.81. The minimum atomic E-state index is -4.83. The third-order valence-electron chi connectivity index (χ3n) is 5.93. The molecule has 1 saturated carbocycles. The van der Waals surface area contributed by atoms with Gasteiger partial charge in [-0.1, -0.05) is 6.07 Å². The Morgan fingerprint density at radius 3 is 2.39 bits per heavy atom. The Balaban J connectivity index is 1.45. The van der Waals surface area contributed by atoms with E-state index >= 15 is 0 Å². The molecule has 0 spiro atoms.